The summed E-state index contributed by atoms with van der Waals surface area (Å²) in [5.74, 6) is 0.758. The predicted molar refractivity (Wildman–Crippen MR) is 64.6 cm³/mol. The molecule has 0 atom stereocenters. The topological polar surface area (TPSA) is 90.6 Å². The third-order valence-corrected chi connectivity index (χ3v) is 1.99. The maximum absolute atomic E-state index is 5.38. The maximum Gasteiger partial charge on any atom is 0.323 e. The number of hydrogen-bond acceptors (Lipinski definition) is 7. The zero-order valence-electron chi connectivity index (χ0n) is 10.1. The fourth-order valence-electron chi connectivity index (χ4n) is 1.16. The first kappa shape index (κ1) is 12.0. The molecule has 1 N–H and O–H groups in total. The number of hydrogen-bond donors (Lipinski definition) is 1. The lowest BCUT2D eigenvalue weighted by Crippen LogP contribution is -2.09. The zero-order valence-corrected chi connectivity index (χ0v) is 10.1. The highest BCUT2D eigenvalue weighted by molar-refractivity contribution is 5.28. The molecule has 0 amide bonds. The molecule has 8 nitrogen and oxygen atoms in total. The van der Waals surface area contributed by atoms with Crippen molar-refractivity contribution in [3.63, 3.8) is 0 Å². The Hall–Kier alpha value is -2.51. The van der Waals surface area contributed by atoms with Crippen molar-refractivity contribution in [1.29, 1.82) is 0 Å². The molecule has 0 aliphatic rings. The molecule has 2 heterocycles. The van der Waals surface area contributed by atoms with E-state index in [1.165, 1.54) is 17.3 Å². The summed E-state index contributed by atoms with van der Waals surface area (Å²) in [7, 11) is 1.72. The summed E-state index contributed by atoms with van der Waals surface area (Å²) >= 11 is 0. The van der Waals surface area contributed by atoms with Crippen LogP contribution in [0.1, 0.15) is 6.92 Å². The van der Waals surface area contributed by atoms with Crippen molar-refractivity contribution in [3.05, 3.63) is 24.8 Å². The minimum absolute atomic E-state index is 0.234. The van der Waals surface area contributed by atoms with Crippen molar-refractivity contribution < 1.29 is 4.74 Å². The molecule has 0 fully saturated rings. The van der Waals surface area contributed by atoms with Gasteiger partial charge in [0, 0.05) is 7.05 Å². The van der Waals surface area contributed by atoms with E-state index in [2.05, 4.69) is 30.4 Å². The van der Waals surface area contributed by atoms with Gasteiger partial charge in [-0.2, -0.15) is 24.7 Å². The highest BCUT2D eigenvalue weighted by atomic mass is 16.5. The first-order valence-corrected chi connectivity index (χ1v) is 5.36. The van der Waals surface area contributed by atoms with Crippen LogP contribution in [0.3, 0.4) is 0 Å². The van der Waals surface area contributed by atoms with Gasteiger partial charge in [0.25, 0.3) is 5.95 Å². The minimum atomic E-state index is 0.234. The van der Waals surface area contributed by atoms with Crippen LogP contribution in [0, 0.1) is 0 Å². The molecule has 0 spiro atoms. The largest absolute Gasteiger partial charge is 0.459 e. The Labute approximate surface area is 104 Å². The molecule has 2 aromatic rings. The van der Waals surface area contributed by atoms with Gasteiger partial charge in [0.2, 0.25) is 5.95 Å². The maximum atomic E-state index is 5.38. The van der Waals surface area contributed by atoms with Gasteiger partial charge in [-0.1, -0.05) is 12.2 Å². The molecule has 0 saturated carbocycles. The standard InChI is InChI=1S/C10H13N7O/c1-3-4-5-18-10-15-8(11-2)14-9(16-10)17-7-12-6-13-17/h3-4,6-7H,5H2,1-2H3,(H,11,14,15,16)/b4-3+. The summed E-state index contributed by atoms with van der Waals surface area (Å²) in [6.07, 6.45) is 6.66. The average Bonchev–Trinajstić information content (AvgIpc) is 2.92. The van der Waals surface area contributed by atoms with Crippen LogP contribution in [0.25, 0.3) is 5.95 Å². The van der Waals surface area contributed by atoms with E-state index in [-0.39, 0.29) is 6.01 Å². The molecule has 0 unspecified atom stereocenters. The molecule has 94 valence electrons. The fourth-order valence-corrected chi connectivity index (χ4v) is 1.16. The van der Waals surface area contributed by atoms with Crippen LogP contribution in [-0.2, 0) is 0 Å². The lowest BCUT2D eigenvalue weighted by atomic mass is 10.6. The summed E-state index contributed by atoms with van der Waals surface area (Å²) in [6.45, 7) is 2.32. The van der Waals surface area contributed by atoms with E-state index in [1.54, 1.807) is 7.05 Å². The molecule has 8 heteroatoms. The summed E-state index contributed by atoms with van der Waals surface area (Å²) in [4.78, 5) is 16.2. The van der Waals surface area contributed by atoms with Gasteiger partial charge in [0.15, 0.2) is 0 Å². The van der Waals surface area contributed by atoms with Crippen LogP contribution in [-0.4, -0.2) is 43.4 Å². The Kier molecular flexibility index (Phi) is 3.79. The first-order valence-electron chi connectivity index (χ1n) is 5.36. The van der Waals surface area contributed by atoms with E-state index in [0.29, 0.717) is 18.5 Å². The summed E-state index contributed by atoms with van der Waals surface area (Å²) in [5.41, 5.74) is 0. The Balaban J connectivity index is 2.27. The van der Waals surface area contributed by atoms with Crippen molar-refractivity contribution >= 4 is 5.95 Å². The third kappa shape index (κ3) is 2.78. The zero-order chi connectivity index (χ0) is 12.8. The number of anilines is 1. The Morgan fingerprint density at radius 3 is 2.94 bits per heavy atom. The van der Waals surface area contributed by atoms with Gasteiger partial charge in [-0.3, -0.25) is 0 Å². The summed E-state index contributed by atoms with van der Waals surface area (Å²) in [5, 5.41) is 6.79. The van der Waals surface area contributed by atoms with E-state index >= 15 is 0 Å². The highest BCUT2D eigenvalue weighted by Crippen LogP contribution is 2.09. The Bertz CT molecular complexity index is 523. The van der Waals surface area contributed by atoms with Gasteiger partial charge < -0.3 is 10.1 Å². The van der Waals surface area contributed by atoms with Crippen molar-refractivity contribution in [3.8, 4) is 12.0 Å². The molecular weight excluding hydrogens is 234 g/mol. The van der Waals surface area contributed by atoms with Crippen LogP contribution in [0.2, 0.25) is 0 Å². The number of allylic oxidation sites excluding steroid dienone is 1. The van der Waals surface area contributed by atoms with Gasteiger partial charge in [-0.05, 0) is 6.92 Å². The summed E-state index contributed by atoms with van der Waals surface area (Å²) in [6, 6.07) is 0.234. The lowest BCUT2D eigenvalue weighted by molar-refractivity contribution is 0.331. The van der Waals surface area contributed by atoms with Crippen molar-refractivity contribution in [2.24, 2.45) is 0 Å². The Morgan fingerprint density at radius 2 is 2.28 bits per heavy atom. The Morgan fingerprint density at radius 1 is 1.39 bits per heavy atom. The average molecular weight is 247 g/mol. The van der Waals surface area contributed by atoms with Crippen LogP contribution >= 0.6 is 0 Å². The molecular formula is C10H13N7O. The third-order valence-electron chi connectivity index (χ3n) is 1.99. The van der Waals surface area contributed by atoms with Crippen LogP contribution in [0.15, 0.2) is 24.8 Å². The fraction of sp³-hybridized carbons (Fsp3) is 0.300. The SMILES string of the molecule is C/C=C/COc1nc(NC)nc(-n2cncn2)n1. The normalized spacial score (nSPS) is 10.8. The summed E-state index contributed by atoms with van der Waals surface area (Å²) < 4.78 is 6.81. The highest BCUT2D eigenvalue weighted by Gasteiger charge is 2.08. The molecule has 0 aromatic carbocycles. The quantitative estimate of drug-likeness (QED) is 0.767. The minimum Gasteiger partial charge on any atom is -0.459 e. The molecule has 0 saturated heterocycles. The van der Waals surface area contributed by atoms with Gasteiger partial charge in [-0.25, -0.2) is 4.98 Å². The lowest BCUT2D eigenvalue weighted by Gasteiger charge is -2.06. The van der Waals surface area contributed by atoms with Crippen LogP contribution in [0.5, 0.6) is 6.01 Å². The number of ether oxygens (including phenoxy) is 1. The number of rotatable bonds is 5. The van der Waals surface area contributed by atoms with Gasteiger partial charge in [-0.15, -0.1) is 0 Å². The van der Waals surface area contributed by atoms with E-state index < -0.39 is 0 Å². The number of aromatic nitrogens is 6. The number of nitrogens with one attached hydrogen (secondary N) is 1. The van der Waals surface area contributed by atoms with E-state index in [0.717, 1.165) is 0 Å². The van der Waals surface area contributed by atoms with Crippen molar-refractivity contribution in [2.45, 2.75) is 6.92 Å². The smallest absolute Gasteiger partial charge is 0.323 e. The van der Waals surface area contributed by atoms with E-state index in [1.807, 2.05) is 19.1 Å². The number of nitrogens with zero attached hydrogens (tertiary/aromatic N) is 6. The van der Waals surface area contributed by atoms with E-state index in [9.17, 15) is 0 Å². The second-order valence-electron chi connectivity index (χ2n) is 3.21. The van der Waals surface area contributed by atoms with Gasteiger partial charge in [0.1, 0.15) is 19.3 Å². The first-order chi connectivity index (χ1) is 8.83. The molecule has 0 bridgehead atoms. The molecule has 0 aliphatic heterocycles. The van der Waals surface area contributed by atoms with Crippen molar-refractivity contribution in [2.75, 3.05) is 19.0 Å². The second kappa shape index (κ2) is 5.71. The van der Waals surface area contributed by atoms with Crippen molar-refractivity contribution in [1.82, 2.24) is 29.7 Å². The molecule has 0 radical (unpaired) electrons. The molecule has 2 aromatic heterocycles. The molecule has 2 rings (SSSR count). The van der Waals surface area contributed by atoms with Gasteiger partial charge >= 0.3 is 6.01 Å². The molecule has 0 aliphatic carbocycles. The molecule has 18 heavy (non-hydrogen) atoms. The second-order valence-corrected chi connectivity index (χ2v) is 3.21. The predicted octanol–water partition coefficient (Wildman–Crippen LogP) is 0.449. The van der Waals surface area contributed by atoms with Crippen LogP contribution in [0.4, 0.5) is 5.95 Å². The van der Waals surface area contributed by atoms with E-state index in [4.69, 9.17) is 4.74 Å². The monoisotopic (exact) mass is 247 g/mol. The van der Waals surface area contributed by atoms with Gasteiger partial charge in [0.05, 0.1) is 0 Å². The van der Waals surface area contributed by atoms with Crippen LogP contribution < -0.4 is 10.1 Å².